The second kappa shape index (κ2) is 10.8. The SMILES string of the molecule is COCCN(CC(C)C)c1nc(C(=O)Nc2cc(F)c(OC3CC4C[C@H]4C3)c(F)c2)c(CC(F)(F)F)o1. The number of ether oxygens (including phenoxy) is 2. The summed E-state index contributed by atoms with van der Waals surface area (Å²) in [6, 6.07) is 1.55. The Morgan fingerprint density at radius 2 is 1.84 bits per heavy atom. The van der Waals surface area contributed by atoms with Gasteiger partial charge in [0.2, 0.25) is 0 Å². The Morgan fingerprint density at radius 1 is 1.19 bits per heavy atom. The summed E-state index contributed by atoms with van der Waals surface area (Å²) >= 11 is 0. The van der Waals surface area contributed by atoms with E-state index in [2.05, 4.69) is 10.3 Å². The van der Waals surface area contributed by atoms with Gasteiger partial charge in [-0.2, -0.15) is 18.2 Å². The van der Waals surface area contributed by atoms with Crippen molar-refractivity contribution >= 4 is 17.6 Å². The van der Waals surface area contributed by atoms with Crippen LogP contribution in [-0.2, 0) is 11.2 Å². The van der Waals surface area contributed by atoms with Crippen LogP contribution in [-0.4, -0.2) is 50.0 Å². The lowest BCUT2D eigenvalue weighted by atomic mass is 10.2. The van der Waals surface area contributed by atoms with Gasteiger partial charge in [0.15, 0.2) is 23.1 Å². The fourth-order valence-electron chi connectivity index (χ4n) is 4.72. The van der Waals surface area contributed by atoms with Crippen molar-refractivity contribution in [3.05, 3.63) is 35.2 Å². The largest absolute Gasteiger partial charge is 0.484 e. The van der Waals surface area contributed by atoms with Crippen LogP contribution in [0.3, 0.4) is 0 Å². The van der Waals surface area contributed by atoms with Crippen molar-refractivity contribution < 1.29 is 40.6 Å². The number of oxazole rings is 1. The summed E-state index contributed by atoms with van der Waals surface area (Å²) in [5.74, 6) is -3.15. The van der Waals surface area contributed by atoms with Crippen molar-refractivity contribution in [1.82, 2.24) is 4.98 Å². The van der Waals surface area contributed by atoms with Gasteiger partial charge >= 0.3 is 6.18 Å². The minimum absolute atomic E-state index is 0.105. The number of alkyl halides is 3. The van der Waals surface area contributed by atoms with E-state index >= 15 is 0 Å². The summed E-state index contributed by atoms with van der Waals surface area (Å²) in [6.07, 6.45) is -3.87. The van der Waals surface area contributed by atoms with E-state index in [1.54, 1.807) is 4.90 Å². The minimum Gasteiger partial charge on any atom is -0.484 e. The van der Waals surface area contributed by atoms with Gasteiger partial charge in [-0.1, -0.05) is 13.8 Å². The maximum absolute atomic E-state index is 14.7. The standard InChI is InChI=1S/C25H30F5N3O4/c1-13(2)12-33(4-5-35-3)24-32-21(20(37-24)11-25(28,29)30)23(34)31-16-9-18(26)22(19(27)10-16)36-17-7-14-6-15(14)8-17/h9-10,13-15,17H,4-8,11-12H2,1-3H3,(H,31,34)/t14-,15?,17?/m0/s1. The van der Waals surface area contributed by atoms with Crippen molar-refractivity contribution in [1.29, 1.82) is 0 Å². The normalized spacial score (nSPS) is 20.7. The molecule has 2 aliphatic carbocycles. The van der Waals surface area contributed by atoms with Gasteiger partial charge in [0.1, 0.15) is 12.2 Å². The molecule has 0 bridgehead atoms. The fourth-order valence-corrected chi connectivity index (χ4v) is 4.72. The van der Waals surface area contributed by atoms with E-state index in [0.717, 1.165) is 31.4 Å². The van der Waals surface area contributed by atoms with Crippen molar-refractivity contribution in [2.24, 2.45) is 17.8 Å². The van der Waals surface area contributed by atoms with Crippen LogP contribution in [0, 0.1) is 29.4 Å². The second-order valence-electron chi connectivity index (χ2n) is 10.1. The molecule has 0 spiro atoms. The number of fused-ring (bicyclic) bond motifs is 1. The molecule has 1 aromatic heterocycles. The zero-order chi connectivity index (χ0) is 26.9. The number of carbonyl (C=O) groups is 1. The first-order valence-corrected chi connectivity index (χ1v) is 12.2. The summed E-state index contributed by atoms with van der Waals surface area (Å²) < 4.78 is 84.9. The van der Waals surface area contributed by atoms with Crippen LogP contribution in [0.5, 0.6) is 5.75 Å². The molecule has 0 aliphatic heterocycles. The smallest absolute Gasteiger partial charge is 0.396 e. The van der Waals surface area contributed by atoms with Crippen LogP contribution in [0.4, 0.5) is 33.7 Å². The molecule has 3 atom stereocenters. The van der Waals surface area contributed by atoms with Crippen LogP contribution in [0.1, 0.15) is 49.4 Å². The molecule has 204 valence electrons. The number of rotatable bonds is 11. The molecule has 2 unspecified atom stereocenters. The minimum atomic E-state index is -4.68. The van der Waals surface area contributed by atoms with E-state index < -0.39 is 47.3 Å². The Morgan fingerprint density at radius 3 is 2.41 bits per heavy atom. The molecule has 7 nitrogen and oxygen atoms in total. The second-order valence-corrected chi connectivity index (χ2v) is 10.1. The molecule has 0 radical (unpaired) electrons. The Labute approximate surface area is 211 Å². The summed E-state index contributed by atoms with van der Waals surface area (Å²) in [5, 5.41) is 2.23. The highest BCUT2D eigenvalue weighted by Crippen LogP contribution is 2.52. The van der Waals surface area contributed by atoms with Gasteiger partial charge in [0.25, 0.3) is 11.9 Å². The number of methoxy groups -OCH3 is 1. The lowest BCUT2D eigenvalue weighted by Crippen LogP contribution is -2.31. The van der Waals surface area contributed by atoms with Crippen molar-refractivity contribution in [2.75, 3.05) is 37.0 Å². The third-order valence-electron chi connectivity index (χ3n) is 6.42. The quantitative estimate of drug-likeness (QED) is 0.381. The van der Waals surface area contributed by atoms with Gasteiger partial charge in [-0.25, -0.2) is 8.78 Å². The molecule has 1 heterocycles. The first-order chi connectivity index (χ1) is 17.4. The number of carbonyl (C=O) groups excluding carboxylic acids is 1. The molecule has 2 fully saturated rings. The molecular weight excluding hydrogens is 501 g/mol. The van der Waals surface area contributed by atoms with E-state index in [4.69, 9.17) is 13.9 Å². The highest BCUT2D eigenvalue weighted by Gasteiger charge is 2.47. The number of amides is 1. The summed E-state index contributed by atoms with van der Waals surface area (Å²) in [7, 11) is 1.47. The zero-order valence-electron chi connectivity index (χ0n) is 20.8. The summed E-state index contributed by atoms with van der Waals surface area (Å²) in [5.41, 5.74) is -0.910. The molecule has 2 saturated carbocycles. The summed E-state index contributed by atoms with van der Waals surface area (Å²) in [6.45, 7) is 4.71. The molecule has 2 aliphatic rings. The molecular formula is C25H30F5N3O4. The number of hydrogen-bond acceptors (Lipinski definition) is 6. The van der Waals surface area contributed by atoms with Gasteiger partial charge in [-0.15, -0.1) is 0 Å². The molecule has 0 saturated heterocycles. The van der Waals surface area contributed by atoms with Crippen LogP contribution < -0.4 is 15.0 Å². The van der Waals surface area contributed by atoms with Crippen molar-refractivity contribution in [3.63, 3.8) is 0 Å². The predicted molar refractivity (Wildman–Crippen MR) is 125 cm³/mol. The molecule has 1 amide bonds. The van der Waals surface area contributed by atoms with Crippen LogP contribution in [0.2, 0.25) is 0 Å². The Kier molecular flexibility index (Phi) is 7.96. The average Bonchev–Trinajstić information content (AvgIpc) is 3.19. The Balaban J connectivity index is 1.54. The van der Waals surface area contributed by atoms with Crippen LogP contribution in [0.25, 0.3) is 0 Å². The van der Waals surface area contributed by atoms with Gasteiger partial charge in [-0.3, -0.25) is 4.79 Å². The number of hydrogen-bond donors (Lipinski definition) is 1. The maximum Gasteiger partial charge on any atom is 0.396 e. The summed E-state index contributed by atoms with van der Waals surface area (Å²) in [4.78, 5) is 18.5. The molecule has 37 heavy (non-hydrogen) atoms. The van der Waals surface area contributed by atoms with E-state index in [1.165, 1.54) is 7.11 Å². The molecule has 4 rings (SSSR count). The van der Waals surface area contributed by atoms with Gasteiger partial charge < -0.3 is 24.1 Å². The van der Waals surface area contributed by atoms with Gasteiger partial charge in [0.05, 0.1) is 12.7 Å². The molecule has 12 heteroatoms. The number of benzene rings is 1. The maximum atomic E-state index is 14.7. The predicted octanol–water partition coefficient (Wildman–Crippen LogP) is 5.60. The van der Waals surface area contributed by atoms with Crippen molar-refractivity contribution in [2.45, 2.75) is 51.8 Å². The Hall–Kier alpha value is -2.89. The van der Waals surface area contributed by atoms with Crippen molar-refractivity contribution in [3.8, 4) is 5.75 Å². The topological polar surface area (TPSA) is 76.8 Å². The number of nitrogens with one attached hydrogen (secondary N) is 1. The molecule has 2 aromatic rings. The number of nitrogens with zero attached hydrogens (tertiary/aromatic N) is 2. The zero-order valence-corrected chi connectivity index (χ0v) is 20.8. The molecule has 1 N–H and O–H groups in total. The average molecular weight is 532 g/mol. The highest BCUT2D eigenvalue weighted by atomic mass is 19.4. The van der Waals surface area contributed by atoms with Crippen LogP contribution in [0.15, 0.2) is 16.5 Å². The first-order valence-electron chi connectivity index (χ1n) is 12.2. The third kappa shape index (κ3) is 6.91. The third-order valence-corrected chi connectivity index (χ3v) is 6.42. The fraction of sp³-hybridized carbons (Fsp3) is 0.600. The van der Waals surface area contributed by atoms with Crippen LogP contribution >= 0.6 is 0 Å². The van der Waals surface area contributed by atoms with E-state index in [9.17, 15) is 26.7 Å². The monoisotopic (exact) mass is 531 g/mol. The van der Waals surface area contributed by atoms with E-state index in [1.807, 2.05) is 13.8 Å². The van der Waals surface area contributed by atoms with Gasteiger partial charge in [-0.05, 0) is 37.0 Å². The highest BCUT2D eigenvalue weighted by molar-refractivity contribution is 6.03. The Bertz CT molecular complexity index is 1090. The number of halogens is 5. The number of anilines is 2. The van der Waals surface area contributed by atoms with Gasteiger partial charge in [0, 0.05) is 38.0 Å². The van der Waals surface area contributed by atoms with E-state index in [-0.39, 0.29) is 36.9 Å². The first kappa shape index (κ1) is 27.2. The van der Waals surface area contributed by atoms with E-state index in [0.29, 0.717) is 18.4 Å². The number of aromatic nitrogens is 1. The lowest BCUT2D eigenvalue weighted by Gasteiger charge is -2.22. The lowest BCUT2D eigenvalue weighted by molar-refractivity contribution is -0.130. The molecule has 1 aromatic carbocycles.